The number of ether oxygens (including phenoxy) is 3. The number of fused-ring (bicyclic) bond motifs is 1. The predicted octanol–water partition coefficient (Wildman–Crippen LogP) is 3.74. The Morgan fingerprint density at radius 3 is 2.79 bits per heavy atom. The summed E-state index contributed by atoms with van der Waals surface area (Å²) in [6, 6.07) is 12.6. The van der Waals surface area contributed by atoms with Crippen LogP contribution < -0.4 is 14.4 Å². The third-order valence-corrected chi connectivity index (χ3v) is 4.49. The second kappa shape index (κ2) is 6.69. The first-order valence-corrected chi connectivity index (χ1v) is 8.28. The zero-order chi connectivity index (χ0) is 16.4. The first-order chi connectivity index (χ1) is 11.8. The summed E-state index contributed by atoms with van der Waals surface area (Å²) >= 11 is 0. The number of rotatable bonds is 4. The molecule has 0 aromatic heterocycles. The average Bonchev–Trinajstić information content (AvgIpc) is 3.08. The van der Waals surface area contributed by atoms with Crippen molar-refractivity contribution >= 4 is 5.69 Å². The fraction of sp³-hybridized carbons (Fsp3) is 0.368. The van der Waals surface area contributed by atoms with Gasteiger partial charge in [-0.2, -0.15) is 0 Å². The highest BCUT2D eigenvalue weighted by atomic mass is 19.1. The molecule has 24 heavy (non-hydrogen) atoms. The minimum atomic E-state index is -0.202. The van der Waals surface area contributed by atoms with E-state index < -0.39 is 0 Å². The van der Waals surface area contributed by atoms with Gasteiger partial charge in [0, 0.05) is 18.8 Å². The Balaban J connectivity index is 1.35. The Hall–Kier alpha value is -2.27. The van der Waals surface area contributed by atoms with Gasteiger partial charge in [0.2, 0.25) is 6.79 Å². The summed E-state index contributed by atoms with van der Waals surface area (Å²) in [5.41, 5.74) is 2.13. The van der Waals surface area contributed by atoms with Crippen LogP contribution in [0.1, 0.15) is 18.4 Å². The highest BCUT2D eigenvalue weighted by Gasteiger charge is 2.21. The molecular formula is C19H20FNO3. The van der Waals surface area contributed by atoms with Gasteiger partial charge in [0.1, 0.15) is 5.82 Å². The lowest BCUT2D eigenvalue weighted by molar-refractivity contribution is 0.0315. The third kappa shape index (κ3) is 3.31. The standard InChI is InChI=1S/C19H20FNO3/c20-15-4-6-16(7-5-15)21-9-1-2-17(11-21)22-12-14-3-8-18-19(10-14)24-13-23-18/h3-8,10,17H,1-2,9,11-13H2. The maximum atomic E-state index is 13.1. The van der Waals surface area contributed by atoms with E-state index in [1.54, 1.807) is 0 Å². The quantitative estimate of drug-likeness (QED) is 0.855. The molecule has 126 valence electrons. The number of halogens is 1. The van der Waals surface area contributed by atoms with Crippen LogP contribution in [0.25, 0.3) is 0 Å². The monoisotopic (exact) mass is 329 g/mol. The maximum absolute atomic E-state index is 13.1. The second-order valence-corrected chi connectivity index (χ2v) is 6.19. The first-order valence-electron chi connectivity index (χ1n) is 8.28. The van der Waals surface area contributed by atoms with E-state index >= 15 is 0 Å². The van der Waals surface area contributed by atoms with Gasteiger partial charge in [-0.3, -0.25) is 0 Å². The van der Waals surface area contributed by atoms with Gasteiger partial charge in [0.25, 0.3) is 0 Å². The zero-order valence-corrected chi connectivity index (χ0v) is 13.4. The van der Waals surface area contributed by atoms with E-state index in [-0.39, 0.29) is 18.7 Å². The second-order valence-electron chi connectivity index (χ2n) is 6.19. The first kappa shape index (κ1) is 15.3. The number of piperidine rings is 1. The lowest BCUT2D eigenvalue weighted by Gasteiger charge is -2.34. The molecule has 2 aliphatic heterocycles. The van der Waals surface area contributed by atoms with Crippen LogP contribution >= 0.6 is 0 Å². The van der Waals surface area contributed by atoms with Gasteiger partial charge < -0.3 is 19.1 Å². The molecule has 0 radical (unpaired) electrons. The summed E-state index contributed by atoms with van der Waals surface area (Å²) < 4.78 is 29.9. The van der Waals surface area contributed by atoms with E-state index in [9.17, 15) is 4.39 Å². The molecule has 0 spiro atoms. The van der Waals surface area contributed by atoms with Gasteiger partial charge in [-0.05, 0) is 54.8 Å². The van der Waals surface area contributed by atoms with Gasteiger partial charge in [0.15, 0.2) is 11.5 Å². The maximum Gasteiger partial charge on any atom is 0.231 e. The van der Waals surface area contributed by atoms with Crippen molar-refractivity contribution in [2.24, 2.45) is 0 Å². The van der Waals surface area contributed by atoms with Gasteiger partial charge in [-0.15, -0.1) is 0 Å². The number of hydrogen-bond donors (Lipinski definition) is 0. The SMILES string of the molecule is Fc1ccc(N2CCCC(OCc3ccc4c(c3)OCO4)C2)cc1. The van der Waals surface area contributed by atoms with E-state index in [0.717, 1.165) is 48.7 Å². The van der Waals surface area contributed by atoms with Crippen molar-refractivity contribution in [2.75, 3.05) is 24.8 Å². The molecule has 2 aromatic carbocycles. The molecule has 1 fully saturated rings. The van der Waals surface area contributed by atoms with Gasteiger partial charge >= 0.3 is 0 Å². The molecule has 4 rings (SSSR count). The Kier molecular flexibility index (Phi) is 4.26. The summed E-state index contributed by atoms with van der Waals surface area (Å²) in [5, 5.41) is 0. The summed E-state index contributed by atoms with van der Waals surface area (Å²) in [4.78, 5) is 2.26. The van der Waals surface area contributed by atoms with Crippen molar-refractivity contribution in [1.82, 2.24) is 0 Å². The van der Waals surface area contributed by atoms with Crippen molar-refractivity contribution < 1.29 is 18.6 Å². The van der Waals surface area contributed by atoms with Gasteiger partial charge in [0.05, 0.1) is 12.7 Å². The Labute approximate surface area is 140 Å². The van der Waals surface area contributed by atoms with E-state index in [1.807, 2.05) is 30.3 Å². The smallest absolute Gasteiger partial charge is 0.231 e. The lowest BCUT2D eigenvalue weighted by atomic mass is 10.1. The van der Waals surface area contributed by atoms with Crippen LogP contribution in [0.3, 0.4) is 0 Å². The molecule has 2 aliphatic rings. The van der Waals surface area contributed by atoms with Gasteiger partial charge in [-0.1, -0.05) is 6.07 Å². The Bertz CT molecular complexity index is 704. The highest BCUT2D eigenvalue weighted by molar-refractivity contribution is 5.47. The minimum Gasteiger partial charge on any atom is -0.454 e. The van der Waals surface area contributed by atoms with Crippen molar-refractivity contribution in [2.45, 2.75) is 25.6 Å². The van der Waals surface area contributed by atoms with E-state index in [1.165, 1.54) is 12.1 Å². The van der Waals surface area contributed by atoms with Crippen LogP contribution in [0.15, 0.2) is 42.5 Å². The number of nitrogens with zero attached hydrogens (tertiary/aromatic N) is 1. The van der Waals surface area contributed by atoms with Crippen LogP contribution in [-0.2, 0) is 11.3 Å². The highest BCUT2D eigenvalue weighted by Crippen LogP contribution is 2.33. The molecule has 0 saturated carbocycles. The van der Waals surface area contributed by atoms with E-state index in [4.69, 9.17) is 14.2 Å². The summed E-state index contributed by atoms with van der Waals surface area (Å²) in [7, 11) is 0. The zero-order valence-electron chi connectivity index (χ0n) is 13.4. The van der Waals surface area contributed by atoms with Crippen LogP contribution in [0.2, 0.25) is 0 Å². The van der Waals surface area contributed by atoms with Crippen molar-refractivity contribution in [3.05, 3.63) is 53.8 Å². The lowest BCUT2D eigenvalue weighted by Crippen LogP contribution is -2.39. The van der Waals surface area contributed by atoms with Crippen molar-refractivity contribution in [3.63, 3.8) is 0 Å². The van der Waals surface area contributed by atoms with Crippen LogP contribution in [0.4, 0.5) is 10.1 Å². The molecule has 4 nitrogen and oxygen atoms in total. The van der Waals surface area contributed by atoms with Crippen LogP contribution in [0, 0.1) is 5.82 Å². The van der Waals surface area contributed by atoms with E-state index in [0.29, 0.717) is 6.61 Å². The number of hydrogen-bond acceptors (Lipinski definition) is 4. The van der Waals surface area contributed by atoms with Crippen LogP contribution in [-0.4, -0.2) is 26.0 Å². The van der Waals surface area contributed by atoms with Gasteiger partial charge in [-0.25, -0.2) is 4.39 Å². The molecule has 5 heteroatoms. The molecule has 0 N–H and O–H groups in total. The molecule has 1 saturated heterocycles. The number of benzene rings is 2. The molecule has 0 aliphatic carbocycles. The molecular weight excluding hydrogens is 309 g/mol. The number of anilines is 1. The van der Waals surface area contributed by atoms with Crippen molar-refractivity contribution in [1.29, 1.82) is 0 Å². The van der Waals surface area contributed by atoms with Crippen molar-refractivity contribution in [3.8, 4) is 11.5 Å². The predicted molar refractivity (Wildman–Crippen MR) is 89.0 cm³/mol. The minimum absolute atomic E-state index is 0.175. The molecule has 2 aromatic rings. The topological polar surface area (TPSA) is 30.9 Å². The fourth-order valence-corrected chi connectivity index (χ4v) is 3.21. The Morgan fingerprint density at radius 2 is 1.92 bits per heavy atom. The molecule has 2 heterocycles. The third-order valence-electron chi connectivity index (χ3n) is 4.49. The summed E-state index contributed by atoms with van der Waals surface area (Å²) in [6.07, 6.45) is 2.29. The molecule has 0 amide bonds. The average molecular weight is 329 g/mol. The fourth-order valence-electron chi connectivity index (χ4n) is 3.21. The van der Waals surface area contributed by atoms with Crippen LogP contribution in [0.5, 0.6) is 11.5 Å². The summed E-state index contributed by atoms with van der Waals surface area (Å²) in [6.45, 7) is 2.65. The largest absolute Gasteiger partial charge is 0.454 e. The summed E-state index contributed by atoms with van der Waals surface area (Å²) in [5.74, 6) is 1.37. The normalized spacial score (nSPS) is 19.5. The Morgan fingerprint density at radius 1 is 1.08 bits per heavy atom. The molecule has 0 bridgehead atoms. The molecule has 1 unspecified atom stereocenters. The molecule has 1 atom stereocenters. The van der Waals surface area contributed by atoms with E-state index in [2.05, 4.69) is 4.90 Å².